The molecule has 3 rings (SSSR count). The van der Waals surface area contributed by atoms with E-state index in [9.17, 15) is 9.59 Å². The van der Waals surface area contributed by atoms with Gasteiger partial charge >= 0.3 is 0 Å². The minimum Gasteiger partial charge on any atom is -0.343 e. The fraction of sp³-hybridized carbons (Fsp3) is 0.150. The number of amides is 2. The maximum absolute atomic E-state index is 12.1. The van der Waals surface area contributed by atoms with E-state index in [0.717, 1.165) is 12.0 Å². The van der Waals surface area contributed by atoms with Crippen molar-refractivity contribution in [2.45, 2.75) is 13.3 Å². The molecule has 2 amide bonds. The van der Waals surface area contributed by atoms with Gasteiger partial charge in [-0.25, -0.2) is 0 Å². The Morgan fingerprint density at radius 3 is 2.50 bits per heavy atom. The summed E-state index contributed by atoms with van der Waals surface area (Å²) in [6.07, 6.45) is 0.952. The number of nitrogens with one attached hydrogen (secondary N) is 2. The molecular weight excluding hydrogens is 401 g/mol. The number of benzene rings is 2. The first kappa shape index (κ1) is 19.9. The summed E-state index contributed by atoms with van der Waals surface area (Å²) in [5.41, 5.74) is 2.94. The van der Waals surface area contributed by atoms with Crippen LogP contribution in [0.1, 0.15) is 22.8 Å². The number of nitrogens with zero attached hydrogens (tertiary/aromatic N) is 1. The second kappa shape index (κ2) is 8.91. The monoisotopic (exact) mass is 417 g/mol. The quantitative estimate of drug-likeness (QED) is 0.614. The standard InChI is InChI=1S/C20H17Cl2N3O3/c1-2-12-3-5-13(6-4-12)17-10-19(28-25-17)24-18(26)11-23-20(27)15-8-7-14(21)9-16(15)22/h3-10H,2,11H2,1H3,(H,23,27)(H,24,26). The molecule has 0 aliphatic heterocycles. The van der Waals surface area contributed by atoms with Crippen LogP contribution in [0.2, 0.25) is 10.0 Å². The number of anilines is 1. The van der Waals surface area contributed by atoms with Crippen molar-refractivity contribution in [1.82, 2.24) is 10.5 Å². The SMILES string of the molecule is CCc1ccc(-c2cc(NC(=O)CNC(=O)c3ccc(Cl)cc3Cl)on2)cc1. The Bertz CT molecular complexity index is 1000. The molecule has 1 aromatic heterocycles. The van der Waals surface area contributed by atoms with E-state index in [1.807, 2.05) is 24.3 Å². The molecule has 6 nitrogen and oxygen atoms in total. The van der Waals surface area contributed by atoms with Gasteiger partial charge in [-0.15, -0.1) is 0 Å². The second-order valence-corrected chi connectivity index (χ2v) is 6.83. The first-order chi connectivity index (χ1) is 13.5. The van der Waals surface area contributed by atoms with Gasteiger partial charge in [0.15, 0.2) is 0 Å². The van der Waals surface area contributed by atoms with Crippen molar-refractivity contribution in [2.75, 3.05) is 11.9 Å². The molecule has 0 bridgehead atoms. The summed E-state index contributed by atoms with van der Waals surface area (Å²) in [4.78, 5) is 24.2. The third-order valence-electron chi connectivity index (χ3n) is 4.02. The number of aryl methyl sites for hydroxylation is 1. The summed E-state index contributed by atoms with van der Waals surface area (Å²) < 4.78 is 5.14. The molecule has 0 fully saturated rings. The van der Waals surface area contributed by atoms with Gasteiger partial charge < -0.3 is 9.84 Å². The van der Waals surface area contributed by atoms with Crippen LogP contribution in [0.4, 0.5) is 5.88 Å². The fourth-order valence-electron chi connectivity index (χ4n) is 2.49. The number of hydrogen-bond donors (Lipinski definition) is 2. The molecule has 0 radical (unpaired) electrons. The Hall–Kier alpha value is -2.83. The molecule has 1 heterocycles. The van der Waals surface area contributed by atoms with E-state index in [4.69, 9.17) is 27.7 Å². The molecule has 0 aliphatic rings. The molecular formula is C20H17Cl2N3O3. The number of carbonyl (C=O) groups is 2. The highest BCUT2D eigenvalue weighted by atomic mass is 35.5. The Morgan fingerprint density at radius 1 is 1.07 bits per heavy atom. The van der Waals surface area contributed by atoms with Gasteiger partial charge in [0.1, 0.15) is 5.69 Å². The molecule has 2 N–H and O–H groups in total. The summed E-state index contributed by atoms with van der Waals surface area (Å²) in [6, 6.07) is 14.0. The Labute approximate surface area is 171 Å². The lowest BCUT2D eigenvalue weighted by molar-refractivity contribution is -0.115. The van der Waals surface area contributed by atoms with Gasteiger partial charge in [-0.05, 0) is 30.2 Å². The van der Waals surface area contributed by atoms with Crippen molar-refractivity contribution < 1.29 is 14.1 Å². The molecule has 0 aliphatic carbocycles. The number of aromatic nitrogens is 1. The lowest BCUT2D eigenvalue weighted by Gasteiger charge is -2.06. The number of rotatable bonds is 6. The van der Waals surface area contributed by atoms with Crippen molar-refractivity contribution in [1.29, 1.82) is 0 Å². The predicted molar refractivity (Wildman–Crippen MR) is 109 cm³/mol. The Balaban J connectivity index is 1.56. The zero-order valence-corrected chi connectivity index (χ0v) is 16.5. The van der Waals surface area contributed by atoms with Gasteiger partial charge in [0, 0.05) is 16.7 Å². The third kappa shape index (κ3) is 4.91. The van der Waals surface area contributed by atoms with E-state index >= 15 is 0 Å². The van der Waals surface area contributed by atoms with Crippen LogP contribution in [-0.2, 0) is 11.2 Å². The minimum absolute atomic E-state index is 0.193. The average molecular weight is 418 g/mol. The van der Waals surface area contributed by atoms with Crippen molar-refractivity contribution in [2.24, 2.45) is 0 Å². The minimum atomic E-state index is -0.480. The third-order valence-corrected chi connectivity index (χ3v) is 4.56. The van der Waals surface area contributed by atoms with Crippen LogP contribution >= 0.6 is 23.2 Å². The van der Waals surface area contributed by atoms with Gasteiger partial charge in [-0.1, -0.05) is 59.5 Å². The Morgan fingerprint density at radius 2 is 1.82 bits per heavy atom. The largest absolute Gasteiger partial charge is 0.343 e. The highest BCUT2D eigenvalue weighted by Crippen LogP contribution is 2.22. The van der Waals surface area contributed by atoms with Crippen molar-refractivity contribution >= 4 is 40.9 Å². The predicted octanol–water partition coefficient (Wildman–Crippen LogP) is 4.58. The van der Waals surface area contributed by atoms with Crippen LogP contribution in [-0.4, -0.2) is 23.5 Å². The molecule has 28 heavy (non-hydrogen) atoms. The summed E-state index contributed by atoms with van der Waals surface area (Å²) in [7, 11) is 0. The number of hydrogen-bond acceptors (Lipinski definition) is 4. The second-order valence-electron chi connectivity index (χ2n) is 5.98. The van der Waals surface area contributed by atoms with Crippen LogP contribution in [0.25, 0.3) is 11.3 Å². The van der Waals surface area contributed by atoms with E-state index in [-0.39, 0.29) is 23.0 Å². The fourth-order valence-corrected chi connectivity index (χ4v) is 2.99. The zero-order valence-electron chi connectivity index (χ0n) is 15.0. The lowest BCUT2D eigenvalue weighted by atomic mass is 10.1. The molecule has 0 saturated heterocycles. The maximum Gasteiger partial charge on any atom is 0.253 e. The van der Waals surface area contributed by atoms with E-state index in [1.165, 1.54) is 17.7 Å². The van der Waals surface area contributed by atoms with Crippen LogP contribution in [0.3, 0.4) is 0 Å². The molecule has 0 saturated carbocycles. The summed E-state index contributed by atoms with van der Waals surface area (Å²) in [5.74, 6) is -0.744. The van der Waals surface area contributed by atoms with E-state index in [2.05, 4.69) is 22.7 Å². The average Bonchev–Trinajstić information content (AvgIpc) is 3.14. The van der Waals surface area contributed by atoms with Crippen molar-refractivity contribution in [3.8, 4) is 11.3 Å². The molecule has 0 spiro atoms. The summed E-state index contributed by atoms with van der Waals surface area (Å²) in [5, 5.41) is 9.62. The van der Waals surface area contributed by atoms with Crippen molar-refractivity contribution in [3.05, 3.63) is 69.7 Å². The topological polar surface area (TPSA) is 84.2 Å². The van der Waals surface area contributed by atoms with Crippen LogP contribution in [0, 0.1) is 0 Å². The van der Waals surface area contributed by atoms with Crippen LogP contribution < -0.4 is 10.6 Å². The molecule has 0 unspecified atom stereocenters. The van der Waals surface area contributed by atoms with E-state index < -0.39 is 11.8 Å². The van der Waals surface area contributed by atoms with Gasteiger partial charge in [0.25, 0.3) is 5.91 Å². The molecule has 0 atom stereocenters. The molecule has 3 aromatic rings. The van der Waals surface area contributed by atoms with Gasteiger partial charge in [0.05, 0.1) is 17.1 Å². The number of carbonyl (C=O) groups excluding carboxylic acids is 2. The first-order valence-electron chi connectivity index (χ1n) is 8.55. The van der Waals surface area contributed by atoms with Crippen molar-refractivity contribution in [3.63, 3.8) is 0 Å². The molecule has 2 aromatic carbocycles. The van der Waals surface area contributed by atoms with E-state index in [1.54, 1.807) is 12.1 Å². The van der Waals surface area contributed by atoms with Crippen LogP contribution in [0.5, 0.6) is 0 Å². The van der Waals surface area contributed by atoms with Crippen LogP contribution in [0.15, 0.2) is 53.1 Å². The summed E-state index contributed by atoms with van der Waals surface area (Å²) in [6.45, 7) is 1.83. The smallest absolute Gasteiger partial charge is 0.253 e. The van der Waals surface area contributed by atoms with Gasteiger partial charge in [-0.2, -0.15) is 0 Å². The molecule has 144 valence electrons. The highest BCUT2D eigenvalue weighted by molar-refractivity contribution is 6.36. The highest BCUT2D eigenvalue weighted by Gasteiger charge is 2.14. The number of halogens is 2. The summed E-state index contributed by atoms with van der Waals surface area (Å²) >= 11 is 11.8. The maximum atomic E-state index is 12.1. The Kier molecular flexibility index (Phi) is 6.34. The van der Waals surface area contributed by atoms with Gasteiger partial charge in [-0.3, -0.25) is 14.9 Å². The van der Waals surface area contributed by atoms with E-state index in [0.29, 0.717) is 10.7 Å². The first-order valence-corrected chi connectivity index (χ1v) is 9.31. The zero-order chi connectivity index (χ0) is 20.1. The lowest BCUT2D eigenvalue weighted by Crippen LogP contribution is -2.32. The normalized spacial score (nSPS) is 10.5. The molecule has 8 heteroatoms. The van der Waals surface area contributed by atoms with Gasteiger partial charge in [0.2, 0.25) is 11.8 Å².